The molecular formula is C15H21N5. The van der Waals surface area contributed by atoms with Crippen molar-refractivity contribution < 1.29 is 0 Å². The number of nitrogens with zero attached hydrogens (tertiary/aromatic N) is 4. The third-order valence-electron chi connectivity index (χ3n) is 3.72. The van der Waals surface area contributed by atoms with E-state index in [9.17, 15) is 0 Å². The molecule has 5 nitrogen and oxygen atoms in total. The Kier molecular flexibility index (Phi) is 3.96. The van der Waals surface area contributed by atoms with Gasteiger partial charge in [0.05, 0.1) is 11.3 Å². The smallest absolute Gasteiger partial charge is 0.101 e. The van der Waals surface area contributed by atoms with Crippen LogP contribution in [0.15, 0.2) is 6.07 Å². The van der Waals surface area contributed by atoms with Crippen molar-refractivity contribution >= 4 is 0 Å². The van der Waals surface area contributed by atoms with Crippen LogP contribution in [0.2, 0.25) is 0 Å². The quantitative estimate of drug-likeness (QED) is 0.927. The first-order valence-electron chi connectivity index (χ1n) is 6.68. The zero-order valence-corrected chi connectivity index (χ0v) is 12.8. The number of hydrogen-bond acceptors (Lipinski definition) is 3. The third kappa shape index (κ3) is 2.75. The summed E-state index contributed by atoms with van der Waals surface area (Å²) in [6, 6.07) is 4.12. The normalized spacial score (nSPS) is 11.1. The molecule has 1 N–H and O–H groups in total. The van der Waals surface area contributed by atoms with Crippen LogP contribution >= 0.6 is 0 Å². The van der Waals surface area contributed by atoms with E-state index < -0.39 is 0 Å². The number of hydrogen-bond donors (Lipinski definition) is 1. The molecule has 0 aliphatic rings. The summed E-state index contributed by atoms with van der Waals surface area (Å²) < 4.78 is 1.92. The fourth-order valence-electron chi connectivity index (χ4n) is 2.49. The molecule has 0 amide bonds. The molecule has 106 valence electrons. The summed E-state index contributed by atoms with van der Waals surface area (Å²) >= 11 is 0. The average molecular weight is 271 g/mol. The van der Waals surface area contributed by atoms with Gasteiger partial charge in [0.1, 0.15) is 6.07 Å². The predicted octanol–water partition coefficient (Wildman–Crippen LogP) is 2.18. The molecule has 2 rings (SSSR count). The lowest BCUT2D eigenvalue weighted by Crippen LogP contribution is -2.18. The fourth-order valence-corrected chi connectivity index (χ4v) is 2.49. The van der Waals surface area contributed by atoms with Crippen LogP contribution in [-0.2, 0) is 20.1 Å². The Morgan fingerprint density at radius 2 is 2.05 bits per heavy atom. The van der Waals surface area contributed by atoms with Crippen LogP contribution in [0, 0.1) is 32.1 Å². The van der Waals surface area contributed by atoms with Crippen molar-refractivity contribution in [3.63, 3.8) is 0 Å². The van der Waals surface area contributed by atoms with Crippen LogP contribution < -0.4 is 0 Å². The molecule has 0 saturated carbocycles. The maximum atomic E-state index is 8.98. The number of rotatable bonds is 4. The zero-order chi connectivity index (χ0) is 14.9. The molecule has 0 radical (unpaired) electrons. The van der Waals surface area contributed by atoms with Crippen molar-refractivity contribution in [3.05, 3.63) is 40.0 Å². The molecule has 2 aromatic rings. The number of aromatic amines is 1. The number of aromatic nitrogens is 3. The van der Waals surface area contributed by atoms with Crippen molar-refractivity contribution in [3.8, 4) is 6.07 Å². The minimum atomic E-state index is 0.724. The van der Waals surface area contributed by atoms with Gasteiger partial charge < -0.3 is 4.98 Å². The van der Waals surface area contributed by atoms with E-state index in [4.69, 9.17) is 5.26 Å². The van der Waals surface area contributed by atoms with Gasteiger partial charge in [0.25, 0.3) is 0 Å². The summed E-state index contributed by atoms with van der Waals surface area (Å²) in [6.45, 7) is 7.71. The zero-order valence-electron chi connectivity index (χ0n) is 12.8. The van der Waals surface area contributed by atoms with E-state index in [-0.39, 0.29) is 0 Å². The van der Waals surface area contributed by atoms with E-state index in [1.54, 1.807) is 0 Å². The molecule has 0 bridgehead atoms. The highest BCUT2D eigenvalue weighted by atomic mass is 15.3. The number of nitriles is 1. The molecule has 2 heterocycles. The van der Waals surface area contributed by atoms with Gasteiger partial charge in [-0.1, -0.05) is 0 Å². The van der Waals surface area contributed by atoms with Crippen LogP contribution in [0.25, 0.3) is 0 Å². The van der Waals surface area contributed by atoms with E-state index >= 15 is 0 Å². The second-order valence-corrected chi connectivity index (χ2v) is 5.39. The molecule has 20 heavy (non-hydrogen) atoms. The second kappa shape index (κ2) is 5.51. The lowest BCUT2D eigenvalue weighted by molar-refractivity contribution is 0.314. The molecule has 0 aliphatic heterocycles. The topological polar surface area (TPSA) is 60.6 Å². The SMILES string of the molecule is Cc1nn(C)c(C)c1CN(C)Cc1cc(C#N)c(C)[nH]1. The average Bonchev–Trinajstić information content (AvgIpc) is 2.84. The van der Waals surface area contributed by atoms with Crippen LogP contribution in [0.3, 0.4) is 0 Å². The van der Waals surface area contributed by atoms with Crippen molar-refractivity contribution in [1.29, 1.82) is 5.26 Å². The molecule has 2 aromatic heterocycles. The molecule has 0 aromatic carbocycles. The maximum Gasteiger partial charge on any atom is 0.101 e. The van der Waals surface area contributed by atoms with E-state index in [1.807, 2.05) is 31.6 Å². The van der Waals surface area contributed by atoms with Gasteiger partial charge in [-0.05, 0) is 33.9 Å². The summed E-state index contributed by atoms with van der Waals surface area (Å²) in [5.74, 6) is 0. The van der Waals surface area contributed by atoms with Crippen LogP contribution in [0.4, 0.5) is 0 Å². The molecule has 0 spiro atoms. The standard InChI is InChI=1S/C15H21N5/c1-10-13(7-16)6-14(17-10)8-19(4)9-15-11(2)18-20(5)12(15)3/h6,17H,8-9H2,1-5H3. The Morgan fingerprint density at radius 3 is 2.55 bits per heavy atom. The summed E-state index contributed by atoms with van der Waals surface area (Å²) in [6.07, 6.45) is 0. The Hall–Kier alpha value is -2.06. The summed E-state index contributed by atoms with van der Waals surface area (Å²) in [5, 5.41) is 13.4. The lowest BCUT2D eigenvalue weighted by Gasteiger charge is -2.16. The molecule has 0 saturated heterocycles. The van der Waals surface area contributed by atoms with Crippen molar-refractivity contribution in [2.45, 2.75) is 33.9 Å². The molecule has 0 unspecified atom stereocenters. The number of aryl methyl sites for hydroxylation is 3. The van der Waals surface area contributed by atoms with Gasteiger partial charge in [0, 0.05) is 42.8 Å². The summed E-state index contributed by atoms with van der Waals surface area (Å²) in [7, 11) is 4.05. The van der Waals surface area contributed by atoms with Gasteiger partial charge >= 0.3 is 0 Å². The summed E-state index contributed by atoms with van der Waals surface area (Å²) in [4.78, 5) is 5.49. The lowest BCUT2D eigenvalue weighted by atomic mass is 10.2. The molecule has 5 heteroatoms. The maximum absolute atomic E-state index is 8.98. The van der Waals surface area contributed by atoms with Crippen LogP contribution in [0.1, 0.15) is 33.9 Å². The molecule has 0 aliphatic carbocycles. The van der Waals surface area contributed by atoms with Crippen molar-refractivity contribution in [2.24, 2.45) is 7.05 Å². The van der Waals surface area contributed by atoms with Gasteiger partial charge in [-0.25, -0.2) is 0 Å². The Morgan fingerprint density at radius 1 is 1.35 bits per heavy atom. The first-order chi connectivity index (χ1) is 9.42. The van der Waals surface area contributed by atoms with Gasteiger partial charge in [0.15, 0.2) is 0 Å². The number of nitrogens with one attached hydrogen (secondary N) is 1. The second-order valence-electron chi connectivity index (χ2n) is 5.39. The van der Waals surface area contributed by atoms with Crippen molar-refractivity contribution in [2.75, 3.05) is 7.05 Å². The van der Waals surface area contributed by atoms with Gasteiger partial charge in [-0.3, -0.25) is 9.58 Å². The fraction of sp³-hybridized carbons (Fsp3) is 0.467. The minimum absolute atomic E-state index is 0.724. The first-order valence-corrected chi connectivity index (χ1v) is 6.68. The van der Waals surface area contributed by atoms with E-state index in [0.29, 0.717) is 0 Å². The minimum Gasteiger partial charge on any atom is -0.360 e. The Bertz CT molecular complexity index is 657. The highest BCUT2D eigenvalue weighted by molar-refractivity contribution is 5.36. The molecule has 0 fully saturated rings. The molecule has 0 atom stereocenters. The van der Waals surface area contributed by atoms with E-state index in [1.165, 1.54) is 11.3 Å². The first kappa shape index (κ1) is 14.4. The van der Waals surface area contributed by atoms with Crippen LogP contribution in [-0.4, -0.2) is 26.7 Å². The highest BCUT2D eigenvalue weighted by Gasteiger charge is 2.13. The van der Waals surface area contributed by atoms with E-state index in [0.717, 1.165) is 35.7 Å². The van der Waals surface area contributed by atoms with Crippen molar-refractivity contribution in [1.82, 2.24) is 19.7 Å². The van der Waals surface area contributed by atoms with E-state index in [2.05, 4.69) is 35.0 Å². The van der Waals surface area contributed by atoms with Gasteiger partial charge in [0.2, 0.25) is 0 Å². The highest BCUT2D eigenvalue weighted by Crippen LogP contribution is 2.16. The number of H-pyrrole nitrogens is 1. The third-order valence-corrected chi connectivity index (χ3v) is 3.72. The largest absolute Gasteiger partial charge is 0.360 e. The van der Waals surface area contributed by atoms with Gasteiger partial charge in [-0.2, -0.15) is 10.4 Å². The predicted molar refractivity (Wildman–Crippen MR) is 78.1 cm³/mol. The Balaban J connectivity index is 2.09. The Labute approximate surface area is 119 Å². The molecular weight excluding hydrogens is 250 g/mol. The van der Waals surface area contributed by atoms with Crippen LogP contribution in [0.5, 0.6) is 0 Å². The monoisotopic (exact) mass is 271 g/mol. The van der Waals surface area contributed by atoms with Gasteiger partial charge in [-0.15, -0.1) is 0 Å². The summed E-state index contributed by atoms with van der Waals surface area (Å²) in [5.41, 5.74) is 6.29.